The molecule has 0 aliphatic carbocycles. The van der Waals surface area contributed by atoms with Gasteiger partial charge in [0, 0.05) is 17.3 Å². The number of hydrogen-bond acceptors (Lipinski definition) is 2. The van der Waals surface area contributed by atoms with E-state index in [9.17, 15) is 0 Å². The number of piperidine rings is 1. The average molecular weight is 202 g/mol. The quantitative estimate of drug-likeness (QED) is 0.737. The predicted octanol–water partition coefficient (Wildman–Crippen LogP) is 2.87. The zero-order valence-corrected chi connectivity index (χ0v) is 8.42. The Balaban J connectivity index is 2.08. The maximum atomic E-state index is 5.88. The molecule has 12 heavy (non-hydrogen) atoms. The third-order valence-electron chi connectivity index (χ3n) is 2.29. The lowest BCUT2D eigenvalue weighted by molar-refractivity contribution is 0.466. The lowest BCUT2D eigenvalue weighted by Crippen LogP contribution is -2.27. The van der Waals surface area contributed by atoms with Crippen LogP contribution in [0.4, 0.5) is 0 Å². The Bertz CT molecular complexity index is 253. The lowest BCUT2D eigenvalue weighted by atomic mass is 9.98. The molecule has 66 valence electrons. The summed E-state index contributed by atoms with van der Waals surface area (Å²) in [6.07, 6.45) is 2.60. The van der Waals surface area contributed by atoms with Gasteiger partial charge in [0.1, 0.15) is 0 Å². The van der Waals surface area contributed by atoms with Crippen molar-refractivity contribution in [3.05, 3.63) is 21.3 Å². The smallest absolute Gasteiger partial charge is 0.0931 e. The molecule has 1 aromatic rings. The Kier molecular flexibility index (Phi) is 2.69. The second kappa shape index (κ2) is 3.77. The first-order valence-electron chi connectivity index (χ1n) is 4.32. The molecule has 3 heteroatoms. The van der Waals surface area contributed by atoms with Gasteiger partial charge in [-0.2, -0.15) is 0 Å². The van der Waals surface area contributed by atoms with Crippen LogP contribution in [0.3, 0.4) is 0 Å². The van der Waals surface area contributed by atoms with Crippen LogP contribution in [0.1, 0.15) is 23.6 Å². The molecule has 1 saturated heterocycles. The molecule has 1 aliphatic heterocycles. The molecule has 0 saturated carbocycles. The molecule has 1 fully saturated rings. The molecule has 1 aliphatic rings. The summed E-state index contributed by atoms with van der Waals surface area (Å²) in [4.78, 5) is 1.44. The van der Waals surface area contributed by atoms with Gasteiger partial charge in [-0.1, -0.05) is 11.6 Å². The molecule has 2 rings (SSSR count). The fraction of sp³-hybridized carbons (Fsp3) is 0.556. The second-order valence-electron chi connectivity index (χ2n) is 3.19. The molecule has 1 nitrogen and oxygen atoms in total. The summed E-state index contributed by atoms with van der Waals surface area (Å²) in [6.45, 7) is 2.30. The zero-order valence-electron chi connectivity index (χ0n) is 6.85. The van der Waals surface area contributed by atoms with Crippen LogP contribution >= 0.6 is 22.9 Å². The summed E-state index contributed by atoms with van der Waals surface area (Å²) >= 11 is 7.60. The maximum Gasteiger partial charge on any atom is 0.0931 e. The highest BCUT2D eigenvalue weighted by Crippen LogP contribution is 2.31. The number of thiophene rings is 1. The highest BCUT2D eigenvalue weighted by atomic mass is 35.5. The molecule has 0 unspecified atom stereocenters. The van der Waals surface area contributed by atoms with Crippen LogP contribution < -0.4 is 5.32 Å². The summed E-state index contributed by atoms with van der Waals surface area (Å²) in [6, 6.07) is 4.15. The van der Waals surface area contributed by atoms with E-state index in [1.165, 1.54) is 24.3 Å². The summed E-state index contributed by atoms with van der Waals surface area (Å²) in [5.41, 5.74) is 0. The molecular weight excluding hydrogens is 190 g/mol. The van der Waals surface area contributed by atoms with E-state index in [0.717, 1.165) is 10.9 Å². The monoisotopic (exact) mass is 201 g/mol. The van der Waals surface area contributed by atoms with Crippen LogP contribution in [0.2, 0.25) is 4.34 Å². The van der Waals surface area contributed by atoms with Gasteiger partial charge in [-0.15, -0.1) is 11.3 Å². The molecule has 1 aromatic heterocycles. The molecule has 0 radical (unpaired) electrons. The van der Waals surface area contributed by atoms with Crippen molar-refractivity contribution in [1.29, 1.82) is 0 Å². The minimum atomic E-state index is 0.705. The highest BCUT2D eigenvalue weighted by Gasteiger charge is 2.16. The standard InChI is InChI=1S/C9H12ClNS/c10-9-4-3-8(12-9)7-2-1-5-11-6-7/h3-4,7,11H,1-2,5-6H2/t7-/m1/s1. The number of halogens is 1. The number of rotatable bonds is 1. The van der Waals surface area contributed by atoms with E-state index >= 15 is 0 Å². The van der Waals surface area contributed by atoms with E-state index < -0.39 is 0 Å². The van der Waals surface area contributed by atoms with Crippen LogP contribution in [-0.2, 0) is 0 Å². The Morgan fingerprint density at radius 1 is 1.50 bits per heavy atom. The van der Waals surface area contributed by atoms with Crippen molar-refractivity contribution in [2.24, 2.45) is 0 Å². The van der Waals surface area contributed by atoms with Gasteiger partial charge in [0.15, 0.2) is 0 Å². The van der Waals surface area contributed by atoms with Crippen molar-refractivity contribution in [1.82, 2.24) is 5.32 Å². The van der Waals surface area contributed by atoms with E-state index in [1.54, 1.807) is 11.3 Å². The topological polar surface area (TPSA) is 12.0 Å². The maximum absolute atomic E-state index is 5.88. The van der Waals surface area contributed by atoms with Crippen molar-refractivity contribution in [3.8, 4) is 0 Å². The van der Waals surface area contributed by atoms with Gasteiger partial charge in [0.2, 0.25) is 0 Å². The fourth-order valence-electron chi connectivity index (χ4n) is 1.64. The molecule has 0 bridgehead atoms. The van der Waals surface area contributed by atoms with Gasteiger partial charge < -0.3 is 5.32 Å². The molecule has 0 spiro atoms. The first kappa shape index (κ1) is 8.54. The minimum Gasteiger partial charge on any atom is -0.316 e. The van der Waals surface area contributed by atoms with Crippen molar-refractivity contribution < 1.29 is 0 Å². The van der Waals surface area contributed by atoms with Crippen LogP contribution in [0.5, 0.6) is 0 Å². The Hall–Kier alpha value is -0.0500. The third kappa shape index (κ3) is 1.82. The van der Waals surface area contributed by atoms with Crippen LogP contribution in [-0.4, -0.2) is 13.1 Å². The van der Waals surface area contributed by atoms with Gasteiger partial charge in [-0.05, 0) is 31.5 Å². The van der Waals surface area contributed by atoms with Crippen LogP contribution in [0.15, 0.2) is 12.1 Å². The van der Waals surface area contributed by atoms with E-state index in [-0.39, 0.29) is 0 Å². The van der Waals surface area contributed by atoms with E-state index in [0.29, 0.717) is 5.92 Å². The molecule has 0 aromatic carbocycles. The average Bonchev–Trinajstić information content (AvgIpc) is 2.54. The molecule has 2 heterocycles. The van der Waals surface area contributed by atoms with Gasteiger partial charge in [0.25, 0.3) is 0 Å². The largest absolute Gasteiger partial charge is 0.316 e. The van der Waals surface area contributed by atoms with Crippen LogP contribution in [0, 0.1) is 0 Å². The van der Waals surface area contributed by atoms with Gasteiger partial charge >= 0.3 is 0 Å². The zero-order chi connectivity index (χ0) is 8.39. The van der Waals surface area contributed by atoms with Crippen molar-refractivity contribution in [3.63, 3.8) is 0 Å². The lowest BCUT2D eigenvalue weighted by Gasteiger charge is -2.21. The van der Waals surface area contributed by atoms with E-state index in [4.69, 9.17) is 11.6 Å². The molecule has 1 N–H and O–H groups in total. The van der Waals surface area contributed by atoms with Crippen molar-refractivity contribution in [2.75, 3.05) is 13.1 Å². The summed E-state index contributed by atoms with van der Waals surface area (Å²) in [5.74, 6) is 0.705. The van der Waals surface area contributed by atoms with Gasteiger partial charge in [-0.3, -0.25) is 0 Å². The Morgan fingerprint density at radius 2 is 2.42 bits per heavy atom. The SMILES string of the molecule is Clc1ccc([C@@H]2CCCNC2)s1. The van der Waals surface area contributed by atoms with E-state index in [2.05, 4.69) is 11.4 Å². The first-order chi connectivity index (χ1) is 5.86. The predicted molar refractivity (Wildman–Crippen MR) is 54.2 cm³/mol. The van der Waals surface area contributed by atoms with Gasteiger partial charge in [-0.25, -0.2) is 0 Å². The van der Waals surface area contributed by atoms with Gasteiger partial charge in [0.05, 0.1) is 4.34 Å². The molecular formula is C9H12ClNS. The number of nitrogens with one attached hydrogen (secondary N) is 1. The highest BCUT2D eigenvalue weighted by molar-refractivity contribution is 7.16. The Labute approximate surface area is 81.7 Å². The van der Waals surface area contributed by atoms with E-state index in [1.807, 2.05) is 6.07 Å². The normalized spacial score (nSPS) is 24.2. The molecule has 1 atom stereocenters. The fourth-order valence-corrected chi connectivity index (χ4v) is 2.84. The first-order valence-corrected chi connectivity index (χ1v) is 5.51. The van der Waals surface area contributed by atoms with Crippen molar-refractivity contribution >= 4 is 22.9 Å². The second-order valence-corrected chi connectivity index (χ2v) is 4.93. The third-order valence-corrected chi connectivity index (χ3v) is 3.69. The molecule has 0 amide bonds. The summed E-state index contributed by atoms with van der Waals surface area (Å²) in [7, 11) is 0. The number of hydrogen-bond donors (Lipinski definition) is 1. The van der Waals surface area contributed by atoms with Crippen molar-refractivity contribution in [2.45, 2.75) is 18.8 Å². The van der Waals surface area contributed by atoms with Crippen LogP contribution in [0.25, 0.3) is 0 Å². The summed E-state index contributed by atoms with van der Waals surface area (Å²) < 4.78 is 0.913. The minimum absolute atomic E-state index is 0.705. The Morgan fingerprint density at radius 3 is 3.00 bits per heavy atom. The summed E-state index contributed by atoms with van der Waals surface area (Å²) in [5, 5.41) is 3.41.